The van der Waals surface area contributed by atoms with Gasteiger partial charge in [-0.25, -0.2) is 0 Å². The lowest BCUT2D eigenvalue weighted by Gasteiger charge is -2.36. The Labute approximate surface area is 358 Å². The maximum Gasteiger partial charge on any atom is 0.0462 e. The van der Waals surface area contributed by atoms with Gasteiger partial charge in [0.15, 0.2) is 0 Å². The molecular weight excluding hydrogens is 737 g/mol. The average molecular weight is 781 g/mol. The van der Waals surface area contributed by atoms with Crippen molar-refractivity contribution >= 4 is 55.7 Å². The minimum absolute atomic E-state index is 0.195. The molecule has 0 fully saturated rings. The van der Waals surface area contributed by atoms with Crippen molar-refractivity contribution in [2.75, 3.05) is 9.80 Å². The summed E-state index contributed by atoms with van der Waals surface area (Å²) in [5.41, 5.74) is 16.8. The predicted molar refractivity (Wildman–Crippen MR) is 259 cm³/mol. The molecular formula is C59H44N2. The third-order valence-electron chi connectivity index (χ3n) is 12.6. The van der Waals surface area contributed by atoms with E-state index in [1.807, 2.05) is 0 Å². The molecule has 0 spiro atoms. The standard InChI is InChI=1S/C59H44N2/c1-59(2)56-25-15-24-53-54-38-43(41-28-33-50(34-29-41)60(46-16-7-3-8-17-46)47-18-9-4-10-19-47)26-27-45(54)39-55(58(53)56)52-37-32-44(40-57(52)59)42-30-35-51(36-31-42)61(48-20-11-5-12-21-48)49-22-13-6-14-23-49/h3-40H,1-2H3. The first-order chi connectivity index (χ1) is 30.0. The molecule has 1 aliphatic rings. The summed E-state index contributed by atoms with van der Waals surface area (Å²) in [5.74, 6) is 0. The van der Waals surface area contributed by atoms with E-state index in [1.165, 1.54) is 66.1 Å². The van der Waals surface area contributed by atoms with Crippen LogP contribution in [0.4, 0.5) is 34.1 Å². The van der Waals surface area contributed by atoms with E-state index >= 15 is 0 Å². The second-order valence-electron chi connectivity index (χ2n) is 16.6. The SMILES string of the molecule is CC1(C)c2cc(-c3ccc(N(c4ccccc4)c4ccccc4)cc3)ccc2-c2cc3ccc(-c4ccc(N(c5ccccc5)c5ccccc5)cc4)cc3c3cccc1c23. The third kappa shape index (κ3) is 6.36. The normalized spacial score (nSPS) is 12.6. The molecule has 2 nitrogen and oxygen atoms in total. The van der Waals surface area contributed by atoms with Crippen LogP contribution in [0.15, 0.2) is 231 Å². The highest BCUT2D eigenvalue weighted by Gasteiger charge is 2.34. The van der Waals surface area contributed by atoms with E-state index in [2.05, 4.69) is 254 Å². The molecule has 2 heteroatoms. The maximum atomic E-state index is 2.44. The highest BCUT2D eigenvalue weighted by molar-refractivity contribution is 6.17. The van der Waals surface area contributed by atoms with Crippen molar-refractivity contribution < 1.29 is 0 Å². The number of hydrogen-bond acceptors (Lipinski definition) is 2. The summed E-state index contributed by atoms with van der Waals surface area (Å²) < 4.78 is 0. The Bertz CT molecular complexity index is 3100. The van der Waals surface area contributed by atoms with E-state index in [-0.39, 0.29) is 5.41 Å². The maximum absolute atomic E-state index is 2.44. The molecule has 0 heterocycles. The minimum Gasteiger partial charge on any atom is -0.311 e. The molecule has 10 aromatic carbocycles. The molecule has 0 saturated carbocycles. The predicted octanol–water partition coefficient (Wildman–Crippen LogP) is 16.6. The van der Waals surface area contributed by atoms with Gasteiger partial charge in [-0.05, 0) is 157 Å². The fourth-order valence-corrected chi connectivity index (χ4v) is 9.55. The zero-order valence-corrected chi connectivity index (χ0v) is 34.3. The van der Waals surface area contributed by atoms with Gasteiger partial charge in [-0.1, -0.05) is 153 Å². The summed E-state index contributed by atoms with van der Waals surface area (Å²) in [6, 6.07) is 83.8. The Balaban J connectivity index is 0.951. The minimum atomic E-state index is -0.195. The van der Waals surface area contributed by atoms with Crippen molar-refractivity contribution in [2.24, 2.45) is 0 Å². The van der Waals surface area contributed by atoms with Crippen LogP contribution in [0.5, 0.6) is 0 Å². The summed E-state index contributed by atoms with van der Waals surface area (Å²) in [7, 11) is 0. The zero-order chi connectivity index (χ0) is 40.9. The number of hydrogen-bond donors (Lipinski definition) is 0. The van der Waals surface area contributed by atoms with Gasteiger partial charge in [0, 0.05) is 39.5 Å². The van der Waals surface area contributed by atoms with Gasteiger partial charge in [-0.15, -0.1) is 0 Å². The van der Waals surface area contributed by atoms with E-state index in [0.29, 0.717) is 0 Å². The van der Waals surface area contributed by atoms with Crippen molar-refractivity contribution in [3.05, 3.63) is 242 Å². The number of rotatable bonds is 8. The first kappa shape index (κ1) is 36.4. The molecule has 0 aromatic heterocycles. The Hall–Kier alpha value is -7.68. The van der Waals surface area contributed by atoms with Gasteiger partial charge in [0.2, 0.25) is 0 Å². The molecule has 0 atom stereocenters. The van der Waals surface area contributed by atoms with E-state index in [0.717, 1.165) is 34.1 Å². The van der Waals surface area contributed by atoms with Crippen LogP contribution in [0.1, 0.15) is 25.0 Å². The van der Waals surface area contributed by atoms with Crippen LogP contribution in [0, 0.1) is 0 Å². The van der Waals surface area contributed by atoms with Gasteiger partial charge in [-0.3, -0.25) is 0 Å². The lowest BCUT2D eigenvalue weighted by atomic mass is 9.67. The summed E-state index contributed by atoms with van der Waals surface area (Å²) in [5, 5.41) is 5.21. The van der Waals surface area contributed by atoms with E-state index < -0.39 is 0 Å². The number of fused-ring (bicyclic) bond motifs is 4. The van der Waals surface area contributed by atoms with Gasteiger partial charge < -0.3 is 9.80 Å². The summed E-state index contributed by atoms with van der Waals surface area (Å²) >= 11 is 0. The van der Waals surface area contributed by atoms with Crippen LogP contribution < -0.4 is 9.80 Å². The third-order valence-corrected chi connectivity index (χ3v) is 12.6. The smallest absolute Gasteiger partial charge is 0.0462 e. The first-order valence-corrected chi connectivity index (χ1v) is 21.2. The molecule has 11 rings (SSSR count). The van der Waals surface area contributed by atoms with Crippen LogP contribution in [0.25, 0.3) is 54.9 Å². The number of nitrogens with zero attached hydrogens (tertiary/aromatic N) is 2. The first-order valence-electron chi connectivity index (χ1n) is 21.2. The lowest BCUT2D eigenvalue weighted by molar-refractivity contribution is 0.645. The van der Waals surface area contributed by atoms with Crippen LogP contribution in [-0.4, -0.2) is 0 Å². The molecule has 0 radical (unpaired) electrons. The van der Waals surface area contributed by atoms with Gasteiger partial charge >= 0.3 is 0 Å². The Morgan fingerprint density at radius 1 is 0.295 bits per heavy atom. The fourth-order valence-electron chi connectivity index (χ4n) is 9.55. The van der Waals surface area contributed by atoms with E-state index in [9.17, 15) is 0 Å². The van der Waals surface area contributed by atoms with Crippen LogP contribution in [0.2, 0.25) is 0 Å². The molecule has 0 N–H and O–H groups in total. The number of para-hydroxylation sites is 4. The largest absolute Gasteiger partial charge is 0.311 e. The Morgan fingerprint density at radius 2 is 0.721 bits per heavy atom. The van der Waals surface area contributed by atoms with Crippen LogP contribution in [-0.2, 0) is 5.41 Å². The van der Waals surface area contributed by atoms with Gasteiger partial charge in [0.05, 0.1) is 0 Å². The molecule has 290 valence electrons. The number of anilines is 6. The topological polar surface area (TPSA) is 6.48 Å². The quantitative estimate of drug-likeness (QED) is 0.142. The van der Waals surface area contributed by atoms with Gasteiger partial charge in [0.25, 0.3) is 0 Å². The van der Waals surface area contributed by atoms with Gasteiger partial charge in [0.1, 0.15) is 0 Å². The number of benzene rings is 10. The second kappa shape index (κ2) is 14.9. The van der Waals surface area contributed by atoms with Crippen molar-refractivity contribution in [2.45, 2.75) is 19.3 Å². The van der Waals surface area contributed by atoms with Crippen molar-refractivity contribution in [3.63, 3.8) is 0 Å². The monoisotopic (exact) mass is 780 g/mol. The summed E-state index contributed by atoms with van der Waals surface area (Å²) in [6.45, 7) is 4.79. The summed E-state index contributed by atoms with van der Waals surface area (Å²) in [6.07, 6.45) is 0. The molecule has 1 aliphatic carbocycles. The lowest BCUT2D eigenvalue weighted by Crippen LogP contribution is -2.23. The molecule has 0 saturated heterocycles. The molecule has 61 heavy (non-hydrogen) atoms. The summed E-state index contributed by atoms with van der Waals surface area (Å²) in [4.78, 5) is 4.62. The van der Waals surface area contributed by atoms with E-state index in [4.69, 9.17) is 0 Å². The molecule has 10 aromatic rings. The van der Waals surface area contributed by atoms with Gasteiger partial charge in [-0.2, -0.15) is 0 Å². The molecule has 0 amide bonds. The fraction of sp³-hybridized carbons (Fsp3) is 0.0508. The highest BCUT2D eigenvalue weighted by Crippen LogP contribution is 2.51. The Morgan fingerprint density at radius 3 is 1.21 bits per heavy atom. The van der Waals surface area contributed by atoms with Crippen molar-refractivity contribution in [1.29, 1.82) is 0 Å². The van der Waals surface area contributed by atoms with Crippen LogP contribution >= 0.6 is 0 Å². The van der Waals surface area contributed by atoms with E-state index in [1.54, 1.807) is 0 Å². The van der Waals surface area contributed by atoms with Crippen molar-refractivity contribution in [3.8, 4) is 33.4 Å². The second-order valence-corrected chi connectivity index (χ2v) is 16.6. The van der Waals surface area contributed by atoms with Crippen molar-refractivity contribution in [1.82, 2.24) is 0 Å². The zero-order valence-electron chi connectivity index (χ0n) is 34.3. The molecule has 0 aliphatic heterocycles. The van der Waals surface area contributed by atoms with Crippen LogP contribution in [0.3, 0.4) is 0 Å². The Kier molecular flexibility index (Phi) is 8.86. The average Bonchev–Trinajstić information content (AvgIpc) is 3.32. The molecule has 0 bridgehead atoms. The highest BCUT2D eigenvalue weighted by atomic mass is 15.1. The molecule has 0 unspecified atom stereocenters.